The van der Waals surface area contributed by atoms with E-state index < -0.39 is 62.4 Å². The average Bonchev–Trinajstić information content (AvgIpc) is 3.83. The molecule has 1 unspecified atom stereocenters. The van der Waals surface area contributed by atoms with Crippen molar-refractivity contribution < 1.29 is 36.7 Å². The van der Waals surface area contributed by atoms with Crippen molar-refractivity contribution in [1.82, 2.24) is 14.5 Å². The summed E-state index contributed by atoms with van der Waals surface area (Å²) in [5.41, 5.74) is 5.51. The van der Waals surface area contributed by atoms with Gasteiger partial charge in [-0.25, -0.2) is 17.6 Å². The lowest BCUT2D eigenvalue weighted by Gasteiger charge is -2.27. The third kappa shape index (κ3) is 5.81. The van der Waals surface area contributed by atoms with Crippen molar-refractivity contribution in [2.75, 3.05) is 13.1 Å². The number of ether oxygens (including phenoxy) is 1. The van der Waals surface area contributed by atoms with E-state index in [2.05, 4.69) is 11.3 Å². The van der Waals surface area contributed by atoms with Gasteiger partial charge in [0.25, 0.3) is 0 Å². The van der Waals surface area contributed by atoms with E-state index in [0.717, 1.165) is 0 Å². The van der Waals surface area contributed by atoms with Crippen LogP contribution in [0, 0.1) is 23.1 Å². The fourth-order valence-electron chi connectivity index (χ4n) is 6.12. The summed E-state index contributed by atoms with van der Waals surface area (Å²) >= 11 is 0. The number of likely N-dealkylation sites (tertiary alicyclic amines) is 1. The van der Waals surface area contributed by atoms with Crippen LogP contribution in [0.25, 0.3) is 0 Å². The molecule has 228 valence electrons. The van der Waals surface area contributed by atoms with E-state index in [9.17, 15) is 32.0 Å². The van der Waals surface area contributed by atoms with Gasteiger partial charge < -0.3 is 15.4 Å². The zero-order valence-electron chi connectivity index (χ0n) is 23.6. The Morgan fingerprint density at radius 2 is 2.00 bits per heavy atom. The highest BCUT2D eigenvalue weighted by atomic mass is 32.2. The lowest BCUT2D eigenvalue weighted by Crippen LogP contribution is -2.46. The molecule has 42 heavy (non-hydrogen) atoms. The van der Waals surface area contributed by atoms with E-state index in [0.29, 0.717) is 30.4 Å². The molecule has 2 aliphatic heterocycles. The molecule has 2 aliphatic carbocycles. The molecule has 13 heteroatoms. The van der Waals surface area contributed by atoms with Crippen LogP contribution in [0.1, 0.15) is 56.6 Å². The van der Waals surface area contributed by atoms with E-state index in [1.807, 2.05) is 0 Å². The molecule has 11 nitrogen and oxygen atoms in total. The van der Waals surface area contributed by atoms with Gasteiger partial charge in [-0.3, -0.25) is 24.0 Å². The van der Waals surface area contributed by atoms with Gasteiger partial charge in [-0.2, -0.15) is 0 Å². The SMILES string of the molecule is C=C[C@@H]1C[C@]1(CC(=O)[C@@H]1CC(OC(=O)N2Cc3cccc(F)c3C2)CN1C(=O)[C@@H](C)CCN)C(=O)NS(=O)(=O)C1CC1. The van der Waals surface area contributed by atoms with Crippen molar-refractivity contribution >= 4 is 33.7 Å². The summed E-state index contributed by atoms with van der Waals surface area (Å²) in [5.74, 6) is -2.74. The molecule has 4 aliphatic rings. The van der Waals surface area contributed by atoms with Crippen LogP contribution in [0.15, 0.2) is 30.9 Å². The van der Waals surface area contributed by atoms with Crippen LogP contribution in [0.5, 0.6) is 0 Å². The first-order chi connectivity index (χ1) is 19.9. The second kappa shape index (κ2) is 11.4. The van der Waals surface area contributed by atoms with Crippen LogP contribution in [0.3, 0.4) is 0 Å². The van der Waals surface area contributed by atoms with Gasteiger partial charge >= 0.3 is 6.09 Å². The van der Waals surface area contributed by atoms with Gasteiger partial charge in [0.15, 0.2) is 5.78 Å². The topological polar surface area (TPSA) is 156 Å². The van der Waals surface area contributed by atoms with Gasteiger partial charge in [-0.15, -0.1) is 6.58 Å². The molecule has 3 fully saturated rings. The third-order valence-electron chi connectivity index (χ3n) is 8.95. The van der Waals surface area contributed by atoms with Crippen molar-refractivity contribution in [3.05, 3.63) is 47.8 Å². The smallest absolute Gasteiger partial charge is 0.410 e. The van der Waals surface area contributed by atoms with E-state index >= 15 is 0 Å². The van der Waals surface area contributed by atoms with Gasteiger partial charge in [-0.05, 0) is 49.8 Å². The van der Waals surface area contributed by atoms with Crippen molar-refractivity contribution in [3.63, 3.8) is 0 Å². The number of hydrogen-bond donors (Lipinski definition) is 2. The number of nitrogens with one attached hydrogen (secondary N) is 1. The number of carbonyl (C=O) groups excluding carboxylic acids is 4. The van der Waals surface area contributed by atoms with Crippen molar-refractivity contribution in [1.29, 1.82) is 0 Å². The Morgan fingerprint density at radius 1 is 1.26 bits per heavy atom. The van der Waals surface area contributed by atoms with Crippen LogP contribution >= 0.6 is 0 Å². The van der Waals surface area contributed by atoms with Crippen LogP contribution < -0.4 is 10.5 Å². The minimum absolute atomic E-state index is 0.0226. The molecule has 5 atom stereocenters. The summed E-state index contributed by atoms with van der Waals surface area (Å²) in [4.78, 5) is 56.1. The Balaban J connectivity index is 1.30. The minimum atomic E-state index is -3.82. The van der Waals surface area contributed by atoms with Crippen molar-refractivity contribution in [2.24, 2.45) is 23.0 Å². The second-order valence-electron chi connectivity index (χ2n) is 12.0. The Morgan fingerprint density at radius 3 is 2.62 bits per heavy atom. The number of fused-ring (bicyclic) bond motifs is 1. The normalized spacial score (nSPS) is 27.3. The number of halogens is 1. The molecule has 0 bridgehead atoms. The predicted octanol–water partition coefficient (Wildman–Crippen LogP) is 1.99. The van der Waals surface area contributed by atoms with Crippen LogP contribution in [-0.4, -0.2) is 72.4 Å². The highest BCUT2D eigenvalue weighted by Crippen LogP contribution is 2.57. The maximum absolute atomic E-state index is 14.2. The number of nitrogens with two attached hydrogens (primary N) is 1. The molecule has 0 aromatic heterocycles. The first-order valence-corrected chi connectivity index (χ1v) is 15.9. The average molecular weight is 605 g/mol. The summed E-state index contributed by atoms with van der Waals surface area (Å²) in [7, 11) is -3.82. The summed E-state index contributed by atoms with van der Waals surface area (Å²) < 4.78 is 47.0. The lowest BCUT2D eigenvalue weighted by atomic mass is 9.91. The van der Waals surface area contributed by atoms with Crippen molar-refractivity contribution in [2.45, 2.75) is 75.9 Å². The Kier molecular flexibility index (Phi) is 8.18. The summed E-state index contributed by atoms with van der Waals surface area (Å²) in [6.45, 7) is 5.92. The molecule has 1 saturated heterocycles. The molecular formula is C29H37FN4O7S. The summed E-state index contributed by atoms with van der Waals surface area (Å²) in [5, 5.41) is -0.600. The Bertz CT molecular complexity index is 1410. The highest BCUT2D eigenvalue weighted by molar-refractivity contribution is 7.90. The van der Waals surface area contributed by atoms with Crippen molar-refractivity contribution in [3.8, 4) is 0 Å². The molecule has 1 aromatic carbocycles. The Hall–Kier alpha value is -3.32. The molecule has 0 radical (unpaired) electrons. The molecule has 1 aromatic rings. The molecule has 5 rings (SSSR count). The molecule has 3 amide bonds. The predicted molar refractivity (Wildman–Crippen MR) is 149 cm³/mol. The van der Waals surface area contributed by atoms with Crippen LogP contribution in [0.4, 0.5) is 9.18 Å². The molecule has 2 saturated carbocycles. The van der Waals surface area contributed by atoms with Gasteiger partial charge in [0.1, 0.15) is 11.9 Å². The number of amides is 3. The number of benzene rings is 1. The Labute approximate surface area is 244 Å². The number of hydrogen-bond acceptors (Lipinski definition) is 8. The monoisotopic (exact) mass is 604 g/mol. The fraction of sp³-hybridized carbons (Fsp3) is 0.586. The van der Waals surface area contributed by atoms with Gasteiger partial charge in [0.2, 0.25) is 21.8 Å². The third-order valence-corrected chi connectivity index (χ3v) is 10.8. The molecule has 0 spiro atoms. The molecular weight excluding hydrogens is 567 g/mol. The maximum Gasteiger partial charge on any atom is 0.410 e. The second-order valence-corrected chi connectivity index (χ2v) is 13.9. The largest absolute Gasteiger partial charge is 0.444 e. The van der Waals surface area contributed by atoms with E-state index in [4.69, 9.17) is 10.5 Å². The minimum Gasteiger partial charge on any atom is -0.444 e. The summed E-state index contributed by atoms with van der Waals surface area (Å²) in [6.07, 6.45) is 1.43. The number of nitrogens with zero attached hydrogens (tertiary/aromatic N) is 2. The maximum atomic E-state index is 14.2. The van der Waals surface area contributed by atoms with Gasteiger partial charge in [0, 0.05) is 30.9 Å². The van der Waals surface area contributed by atoms with E-state index in [-0.39, 0.29) is 57.3 Å². The number of sulfonamides is 1. The first-order valence-electron chi connectivity index (χ1n) is 14.3. The zero-order valence-corrected chi connectivity index (χ0v) is 24.4. The summed E-state index contributed by atoms with van der Waals surface area (Å²) in [6, 6.07) is 3.68. The first kappa shape index (κ1) is 30.1. The van der Waals surface area contributed by atoms with E-state index in [1.165, 1.54) is 15.9 Å². The number of rotatable bonds is 11. The number of carbonyl (C=O) groups is 4. The zero-order chi connectivity index (χ0) is 30.4. The van der Waals surface area contributed by atoms with Gasteiger partial charge in [-0.1, -0.05) is 25.1 Å². The van der Waals surface area contributed by atoms with Crippen LogP contribution in [0.2, 0.25) is 0 Å². The molecule has 2 heterocycles. The number of ketones is 1. The number of Topliss-reactive ketones (excluding diaryl/α,β-unsaturated/α-hetero) is 1. The van der Waals surface area contributed by atoms with E-state index in [1.54, 1.807) is 25.1 Å². The highest BCUT2D eigenvalue weighted by Gasteiger charge is 2.61. The standard InChI is InChI=1S/C29H37FN4O7S/c1-3-19-12-29(19,27(37)32-42(39,40)21-7-8-21)13-25(35)24-11-20(15-34(24)26(36)17(2)9-10-31)41-28(38)33-14-18-5-4-6-23(30)22(18)16-33/h3-6,17,19-21,24H,1,7-16,31H2,2H3,(H,32,37)/t17-,19+,20?,24-,29+/m0/s1. The van der Waals surface area contributed by atoms with Crippen LogP contribution in [-0.2, 0) is 42.2 Å². The van der Waals surface area contributed by atoms with Gasteiger partial charge in [0.05, 0.1) is 29.8 Å². The molecule has 3 N–H and O–H groups in total. The quantitative estimate of drug-likeness (QED) is 0.363. The number of allylic oxidation sites excluding steroid dienone is 1. The lowest BCUT2D eigenvalue weighted by molar-refractivity contribution is -0.141. The fourth-order valence-corrected chi connectivity index (χ4v) is 7.51.